The lowest BCUT2D eigenvalue weighted by Gasteiger charge is -2.20. The first-order valence-electron chi connectivity index (χ1n) is 9.72. The molecule has 0 radical (unpaired) electrons. The molecule has 2 rings (SSSR count). The molecule has 0 aliphatic heterocycles. The second-order valence-corrected chi connectivity index (χ2v) is 9.69. The van der Waals surface area contributed by atoms with Crippen LogP contribution in [0.3, 0.4) is 0 Å². The van der Waals surface area contributed by atoms with E-state index >= 15 is 0 Å². The van der Waals surface area contributed by atoms with Gasteiger partial charge in [-0.3, -0.25) is 9.10 Å². The van der Waals surface area contributed by atoms with Gasteiger partial charge in [0.1, 0.15) is 9.96 Å². The van der Waals surface area contributed by atoms with Gasteiger partial charge in [0.25, 0.3) is 15.9 Å². The van der Waals surface area contributed by atoms with Crippen LogP contribution in [0.2, 0.25) is 0 Å². The molecule has 33 heavy (non-hydrogen) atoms. The monoisotopic (exact) mass is 490 g/mol. The second-order valence-electron chi connectivity index (χ2n) is 6.54. The van der Waals surface area contributed by atoms with Gasteiger partial charge in [-0.15, -0.1) is 11.3 Å². The van der Waals surface area contributed by atoms with Crippen molar-refractivity contribution in [1.29, 1.82) is 10.5 Å². The Morgan fingerprint density at radius 1 is 1.03 bits per heavy atom. The summed E-state index contributed by atoms with van der Waals surface area (Å²) >= 11 is 1.12. The molecule has 0 aliphatic carbocycles. The maximum absolute atomic E-state index is 12.6. The van der Waals surface area contributed by atoms with Crippen molar-refractivity contribution in [2.75, 3.05) is 37.7 Å². The maximum Gasteiger partial charge on any atom is 0.344 e. The highest BCUT2D eigenvalue weighted by Crippen LogP contribution is 2.26. The van der Waals surface area contributed by atoms with Gasteiger partial charge in [0.05, 0.1) is 30.7 Å². The number of nitriles is 2. The zero-order chi connectivity index (χ0) is 24.3. The number of anilines is 1. The molecule has 0 N–H and O–H groups in total. The number of hydrogen-bond acceptors (Lipinski definition) is 9. The van der Waals surface area contributed by atoms with Crippen molar-refractivity contribution in [1.82, 2.24) is 4.90 Å². The van der Waals surface area contributed by atoms with Gasteiger partial charge in [-0.25, -0.2) is 13.2 Å². The third-order valence-corrected chi connectivity index (χ3v) is 7.52. The first kappa shape index (κ1) is 25.6. The number of esters is 1. The van der Waals surface area contributed by atoms with Crippen LogP contribution in [0.5, 0.6) is 5.75 Å². The van der Waals surface area contributed by atoms with Gasteiger partial charge in [-0.05, 0) is 35.7 Å². The molecule has 0 aliphatic rings. The molecule has 0 saturated heterocycles. The Bertz CT molecular complexity index is 1100. The molecule has 1 amide bonds. The lowest BCUT2D eigenvalue weighted by atomic mass is 10.3. The van der Waals surface area contributed by atoms with Crippen LogP contribution in [0, 0.1) is 22.7 Å². The molecule has 0 bridgehead atoms. The smallest absolute Gasteiger partial charge is 0.344 e. The molecule has 0 unspecified atom stereocenters. The number of ether oxygens (including phenoxy) is 2. The van der Waals surface area contributed by atoms with Crippen LogP contribution in [-0.2, 0) is 24.3 Å². The SMILES string of the molecule is CN(c1ccc(OCC(=O)OCC(=O)N(CCC#N)CCC#N)cc1)S(=O)(=O)c1cccs1. The van der Waals surface area contributed by atoms with Crippen LogP contribution in [0.4, 0.5) is 5.69 Å². The minimum Gasteiger partial charge on any atom is -0.482 e. The number of thiophene rings is 1. The van der Waals surface area contributed by atoms with Crippen molar-refractivity contribution in [3.63, 3.8) is 0 Å². The Morgan fingerprint density at radius 2 is 1.67 bits per heavy atom. The van der Waals surface area contributed by atoms with Gasteiger partial charge in [-0.1, -0.05) is 6.07 Å². The molecule has 0 fully saturated rings. The summed E-state index contributed by atoms with van der Waals surface area (Å²) in [5.74, 6) is -0.966. The number of rotatable bonds is 12. The lowest BCUT2D eigenvalue weighted by molar-refractivity contribution is -0.153. The van der Waals surface area contributed by atoms with Gasteiger partial charge >= 0.3 is 5.97 Å². The third-order valence-electron chi connectivity index (χ3n) is 4.36. The van der Waals surface area contributed by atoms with Gasteiger partial charge in [0.15, 0.2) is 13.2 Å². The summed E-state index contributed by atoms with van der Waals surface area (Å²) in [4.78, 5) is 25.3. The first-order valence-corrected chi connectivity index (χ1v) is 12.0. The van der Waals surface area contributed by atoms with Crippen molar-refractivity contribution >= 4 is 38.9 Å². The third kappa shape index (κ3) is 7.49. The molecule has 174 valence electrons. The number of amides is 1. The van der Waals surface area contributed by atoms with E-state index in [1.807, 2.05) is 12.1 Å². The topological polar surface area (TPSA) is 141 Å². The minimum absolute atomic E-state index is 0.105. The van der Waals surface area contributed by atoms with Crippen LogP contribution >= 0.6 is 11.3 Å². The number of nitrogens with zero attached hydrogens (tertiary/aromatic N) is 4. The summed E-state index contributed by atoms with van der Waals surface area (Å²) in [7, 11) is -2.22. The Morgan fingerprint density at radius 3 is 2.21 bits per heavy atom. The van der Waals surface area contributed by atoms with E-state index in [0.717, 1.165) is 15.6 Å². The van der Waals surface area contributed by atoms with E-state index in [9.17, 15) is 18.0 Å². The summed E-state index contributed by atoms with van der Waals surface area (Å²) in [6.45, 7) is -0.683. The molecular weight excluding hydrogens is 468 g/mol. The fourth-order valence-corrected chi connectivity index (χ4v) is 4.94. The normalized spacial score (nSPS) is 10.5. The van der Waals surface area contributed by atoms with E-state index in [2.05, 4.69) is 0 Å². The zero-order valence-electron chi connectivity index (χ0n) is 17.8. The molecule has 2 aromatic rings. The Labute approximate surface area is 196 Å². The quantitative estimate of drug-likeness (QED) is 0.412. The van der Waals surface area contributed by atoms with Crippen LogP contribution < -0.4 is 9.04 Å². The van der Waals surface area contributed by atoms with E-state index in [-0.39, 0.29) is 30.1 Å². The minimum atomic E-state index is -3.66. The number of carbonyl (C=O) groups excluding carboxylic acids is 2. The van der Waals surface area contributed by atoms with Crippen LogP contribution in [-0.4, -0.2) is 58.5 Å². The van der Waals surface area contributed by atoms with Gasteiger partial charge in [-0.2, -0.15) is 10.5 Å². The van der Waals surface area contributed by atoms with Crippen molar-refractivity contribution in [2.24, 2.45) is 0 Å². The lowest BCUT2D eigenvalue weighted by Crippen LogP contribution is -2.36. The fraction of sp³-hybridized carbons (Fsp3) is 0.333. The van der Waals surface area contributed by atoms with Gasteiger partial charge in [0, 0.05) is 20.1 Å². The van der Waals surface area contributed by atoms with E-state index in [1.165, 1.54) is 42.3 Å². The number of hydrogen-bond donors (Lipinski definition) is 0. The standard InChI is InChI=1S/C21H22N4O6S2/c1-24(33(28,29)21-5-2-14-32-21)17-6-8-18(9-7-17)30-16-20(27)31-15-19(26)25(12-3-10-22)13-4-11-23/h2,5-9,14H,3-4,12-13,15-16H2,1H3. The summed E-state index contributed by atoms with van der Waals surface area (Å²) in [6.07, 6.45) is 0.210. The largest absolute Gasteiger partial charge is 0.482 e. The summed E-state index contributed by atoms with van der Waals surface area (Å²) in [5, 5.41) is 19.0. The molecule has 0 saturated carbocycles. The molecule has 1 aromatic carbocycles. The summed E-state index contributed by atoms with van der Waals surface area (Å²) in [5.41, 5.74) is 0.416. The molecular formula is C21H22N4O6S2. The first-order chi connectivity index (χ1) is 15.8. The van der Waals surface area contributed by atoms with Crippen molar-refractivity contribution in [3.8, 4) is 17.9 Å². The zero-order valence-corrected chi connectivity index (χ0v) is 19.5. The molecule has 0 spiro atoms. The Kier molecular flexibility index (Phi) is 9.66. The molecule has 0 atom stereocenters. The number of benzene rings is 1. The van der Waals surface area contributed by atoms with Gasteiger partial charge < -0.3 is 14.4 Å². The van der Waals surface area contributed by atoms with E-state index in [1.54, 1.807) is 11.4 Å². The predicted molar refractivity (Wildman–Crippen MR) is 120 cm³/mol. The highest BCUT2D eigenvalue weighted by molar-refractivity contribution is 7.94. The molecule has 1 aromatic heterocycles. The number of sulfonamides is 1. The van der Waals surface area contributed by atoms with Crippen LogP contribution in [0.15, 0.2) is 46.0 Å². The predicted octanol–water partition coefficient (Wildman–Crippen LogP) is 2.15. The number of carbonyl (C=O) groups is 2. The summed E-state index contributed by atoms with van der Waals surface area (Å²) < 4.78 is 36.7. The Hall–Kier alpha value is -3.61. The van der Waals surface area contributed by atoms with E-state index in [0.29, 0.717) is 11.4 Å². The Balaban J connectivity index is 1.85. The highest BCUT2D eigenvalue weighted by atomic mass is 32.2. The molecule has 1 heterocycles. The highest BCUT2D eigenvalue weighted by Gasteiger charge is 2.22. The maximum atomic E-state index is 12.6. The molecule has 10 nitrogen and oxygen atoms in total. The molecule has 12 heteroatoms. The summed E-state index contributed by atoms with van der Waals surface area (Å²) in [6, 6.07) is 13.1. The van der Waals surface area contributed by atoms with Gasteiger partial charge in [0.2, 0.25) is 0 Å². The van der Waals surface area contributed by atoms with E-state index in [4.69, 9.17) is 20.0 Å². The van der Waals surface area contributed by atoms with E-state index < -0.39 is 35.1 Å². The van der Waals surface area contributed by atoms with Crippen LogP contribution in [0.1, 0.15) is 12.8 Å². The van der Waals surface area contributed by atoms with Crippen molar-refractivity contribution in [3.05, 3.63) is 41.8 Å². The fourth-order valence-electron chi connectivity index (χ4n) is 2.58. The van der Waals surface area contributed by atoms with Crippen molar-refractivity contribution < 1.29 is 27.5 Å². The van der Waals surface area contributed by atoms with Crippen LogP contribution in [0.25, 0.3) is 0 Å². The second kappa shape index (κ2) is 12.4. The van der Waals surface area contributed by atoms with Crippen molar-refractivity contribution in [2.45, 2.75) is 17.1 Å². The average molecular weight is 491 g/mol. The average Bonchev–Trinajstić information content (AvgIpc) is 3.37.